The lowest BCUT2D eigenvalue weighted by Crippen LogP contribution is -2.38. The molecule has 1 aromatic rings. The maximum absolute atomic E-state index is 5.29. The normalized spacial score (nSPS) is 20.3. The summed E-state index contributed by atoms with van der Waals surface area (Å²) < 4.78 is 10.6. The smallest absolute Gasteiger partial charge is 0.119 e. The van der Waals surface area contributed by atoms with Crippen LogP contribution < -0.4 is 10.1 Å². The van der Waals surface area contributed by atoms with Crippen molar-refractivity contribution in [2.45, 2.75) is 38.3 Å². The van der Waals surface area contributed by atoms with Crippen molar-refractivity contribution >= 4 is 0 Å². The van der Waals surface area contributed by atoms with E-state index in [9.17, 15) is 0 Å². The number of benzene rings is 1. The molecule has 0 aromatic heterocycles. The molecule has 3 heteroatoms. The maximum atomic E-state index is 5.29. The number of ether oxygens (including phenoxy) is 2. The highest BCUT2D eigenvalue weighted by Gasteiger charge is 2.19. The van der Waals surface area contributed by atoms with Gasteiger partial charge in [-0.15, -0.1) is 0 Å². The molecule has 100 valence electrons. The molecule has 0 fully saturated rings. The predicted octanol–water partition coefficient (Wildman–Crippen LogP) is 2.18. The van der Waals surface area contributed by atoms with Crippen molar-refractivity contribution in [2.75, 3.05) is 20.8 Å². The minimum atomic E-state index is 0.275. The lowest BCUT2D eigenvalue weighted by molar-refractivity contribution is 0.113. The van der Waals surface area contributed by atoms with Gasteiger partial charge in [0.1, 0.15) is 5.75 Å². The zero-order chi connectivity index (χ0) is 13.0. The van der Waals surface area contributed by atoms with Gasteiger partial charge in [0, 0.05) is 19.7 Å². The van der Waals surface area contributed by atoms with Gasteiger partial charge in [0.25, 0.3) is 0 Å². The molecule has 1 aromatic carbocycles. The third-order valence-corrected chi connectivity index (χ3v) is 3.74. The zero-order valence-electron chi connectivity index (χ0n) is 11.5. The Morgan fingerprint density at radius 2 is 2.17 bits per heavy atom. The summed E-state index contributed by atoms with van der Waals surface area (Å²) >= 11 is 0. The minimum Gasteiger partial charge on any atom is -0.497 e. The second-order valence-electron chi connectivity index (χ2n) is 5.03. The molecule has 2 rings (SSSR count). The van der Waals surface area contributed by atoms with Crippen molar-refractivity contribution in [3.8, 4) is 5.75 Å². The summed E-state index contributed by atoms with van der Waals surface area (Å²) in [4.78, 5) is 0. The number of hydrogen-bond donors (Lipinski definition) is 1. The molecule has 1 aliphatic rings. The molecule has 0 aliphatic heterocycles. The first-order valence-corrected chi connectivity index (χ1v) is 6.65. The Balaban J connectivity index is 1.96. The molecule has 0 amide bonds. The average Bonchev–Trinajstić information content (AvgIpc) is 2.43. The highest BCUT2D eigenvalue weighted by atomic mass is 16.5. The fourth-order valence-electron chi connectivity index (χ4n) is 2.45. The van der Waals surface area contributed by atoms with Crippen LogP contribution in [-0.4, -0.2) is 32.9 Å². The van der Waals surface area contributed by atoms with Gasteiger partial charge in [-0.25, -0.2) is 0 Å². The Bertz CT molecular complexity index is 392. The topological polar surface area (TPSA) is 30.5 Å². The van der Waals surface area contributed by atoms with E-state index in [0.717, 1.165) is 25.1 Å². The van der Waals surface area contributed by atoms with Gasteiger partial charge in [0.05, 0.1) is 13.2 Å². The van der Waals surface area contributed by atoms with Gasteiger partial charge in [-0.05, 0) is 49.4 Å². The van der Waals surface area contributed by atoms with Gasteiger partial charge in [0.15, 0.2) is 0 Å². The summed E-state index contributed by atoms with van der Waals surface area (Å²) in [6.07, 6.45) is 3.72. The molecule has 0 saturated carbocycles. The van der Waals surface area contributed by atoms with Crippen molar-refractivity contribution in [3.63, 3.8) is 0 Å². The van der Waals surface area contributed by atoms with E-state index in [4.69, 9.17) is 9.47 Å². The third kappa shape index (κ3) is 3.24. The van der Waals surface area contributed by atoms with E-state index in [-0.39, 0.29) is 6.10 Å². The second kappa shape index (κ2) is 6.21. The molecule has 1 aliphatic carbocycles. The van der Waals surface area contributed by atoms with Crippen LogP contribution in [0.1, 0.15) is 24.5 Å². The van der Waals surface area contributed by atoms with Crippen LogP contribution >= 0.6 is 0 Å². The predicted molar refractivity (Wildman–Crippen MR) is 73.3 cm³/mol. The molecule has 2 atom stereocenters. The number of nitrogens with one attached hydrogen (secondary N) is 1. The van der Waals surface area contributed by atoms with E-state index in [1.165, 1.54) is 17.5 Å². The van der Waals surface area contributed by atoms with E-state index in [2.05, 4.69) is 30.4 Å². The number of aryl methyl sites for hydroxylation is 1. The first-order chi connectivity index (χ1) is 8.72. The number of methoxy groups -OCH3 is 2. The molecular formula is C15H23NO2. The Kier molecular flexibility index (Phi) is 4.61. The van der Waals surface area contributed by atoms with Gasteiger partial charge >= 0.3 is 0 Å². The van der Waals surface area contributed by atoms with Gasteiger partial charge in [-0.2, -0.15) is 0 Å². The van der Waals surface area contributed by atoms with Crippen molar-refractivity contribution in [2.24, 2.45) is 0 Å². The number of hydrogen-bond acceptors (Lipinski definition) is 3. The number of rotatable bonds is 5. The van der Waals surface area contributed by atoms with Gasteiger partial charge < -0.3 is 14.8 Å². The largest absolute Gasteiger partial charge is 0.497 e. The van der Waals surface area contributed by atoms with Crippen LogP contribution in [0.2, 0.25) is 0 Å². The van der Waals surface area contributed by atoms with Crippen LogP contribution in [0.5, 0.6) is 5.75 Å². The second-order valence-corrected chi connectivity index (χ2v) is 5.03. The highest BCUT2D eigenvalue weighted by molar-refractivity contribution is 5.37. The fraction of sp³-hybridized carbons (Fsp3) is 0.600. The van der Waals surface area contributed by atoms with Crippen LogP contribution in [-0.2, 0) is 17.6 Å². The van der Waals surface area contributed by atoms with E-state index in [1.54, 1.807) is 14.2 Å². The first-order valence-electron chi connectivity index (χ1n) is 6.65. The van der Waals surface area contributed by atoms with Crippen LogP contribution in [0.15, 0.2) is 18.2 Å². The highest BCUT2D eigenvalue weighted by Crippen LogP contribution is 2.25. The summed E-state index contributed by atoms with van der Waals surface area (Å²) in [5.41, 5.74) is 2.89. The molecule has 0 heterocycles. The summed E-state index contributed by atoms with van der Waals surface area (Å²) in [7, 11) is 3.48. The Labute approximate surface area is 109 Å². The Hall–Kier alpha value is -1.06. The molecule has 0 bridgehead atoms. The molecule has 1 N–H and O–H groups in total. The summed E-state index contributed by atoms with van der Waals surface area (Å²) in [5.74, 6) is 0.958. The van der Waals surface area contributed by atoms with Gasteiger partial charge in [-0.1, -0.05) is 6.07 Å². The van der Waals surface area contributed by atoms with E-state index >= 15 is 0 Å². The van der Waals surface area contributed by atoms with E-state index in [0.29, 0.717) is 6.04 Å². The molecule has 0 radical (unpaired) electrons. The van der Waals surface area contributed by atoms with Crippen molar-refractivity contribution in [1.82, 2.24) is 5.32 Å². The molecule has 0 spiro atoms. The zero-order valence-corrected chi connectivity index (χ0v) is 11.5. The van der Waals surface area contributed by atoms with Crippen molar-refractivity contribution in [1.29, 1.82) is 0 Å². The van der Waals surface area contributed by atoms with E-state index < -0.39 is 0 Å². The summed E-state index contributed by atoms with van der Waals surface area (Å²) in [5, 5.41) is 3.58. The molecule has 0 saturated heterocycles. The Morgan fingerprint density at radius 3 is 2.89 bits per heavy atom. The average molecular weight is 249 g/mol. The third-order valence-electron chi connectivity index (χ3n) is 3.74. The van der Waals surface area contributed by atoms with Crippen LogP contribution in [0.3, 0.4) is 0 Å². The SMILES string of the molecule is COc1ccc2c(c1)CC(NCC(C)OC)CC2. The monoisotopic (exact) mass is 249 g/mol. The standard InChI is InChI=1S/C15H23NO2/c1-11(17-2)10-16-14-6-4-12-5-7-15(18-3)9-13(12)8-14/h5,7,9,11,14,16H,4,6,8,10H2,1-3H3. The summed E-state index contributed by atoms with van der Waals surface area (Å²) in [6.45, 7) is 3.01. The van der Waals surface area contributed by atoms with E-state index in [1.807, 2.05) is 0 Å². The molecular weight excluding hydrogens is 226 g/mol. The molecule has 2 unspecified atom stereocenters. The Morgan fingerprint density at radius 1 is 1.33 bits per heavy atom. The quantitative estimate of drug-likeness (QED) is 0.867. The van der Waals surface area contributed by atoms with Gasteiger partial charge in [0.2, 0.25) is 0 Å². The molecule has 3 nitrogen and oxygen atoms in total. The van der Waals surface area contributed by atoms with Crippen LogP contribution in [0.4, 0.5) is 0 Å². The van der Waals surface area contributed by atoms with Crippen LogP contribution in [0, 0.1) is 0 Å². The first kappa shape index (κ1) is 13.4. The van der Waals surface area contributed by atoms with Crippen molar-refractivity contribution < 1.29 is 9.47 Å². The molecule has 18 heavy (non-hydrogen) atoms. The minimum absolute atomic E-state index is 0.275. The van der Waals surface area contributed by atoms with Crippen LogP contribution in [0.25, 0.3) is 0 Å². The fourth-order valence-corrected chi connectivity index (χ4v) is 2.45. The van der Waals surface area contributed by atoms with Crippen molar-refractivity contribution in [3.05, 3.63) is 29.3 Å². The number of fused-ring (bicyclic) bond motifs is 1. The summed E-state index contributed by atoms with van der Waals surface area (Å²) in [6, 6.07) is 6.98. The van der Waals surface area contributed by atoms with Gasteiger partial charge in [-0.3, -0.25) is 0 Å². The lowest BCUT2D eigenvalue weighted by Gasteiger charge is -2.27. The lowest BCUT2D eigenvalue weighted by atomic mass is 9.88. The maximum Gasteiger partial charge on any atom is 0.119 e.